The van der Waals surface area contributed by atoms with Crippen LogP contribution in [-0.4, -0.2) is 17.7 Å². The van der Waals surface area contributed by atoms with Gasteiger partial charge in [0.2, 0.25) is 0 Å². The number of phenolic OH excluding ortho intramolecular Hbond substituents is 1. The lowest BCUT2D eigenvalue weighted by molar-refractivity contribution is -0.137. The molecule has 0 spiro atoms. The molecule has 0 radical (unpaired) electrons. The van der Waals surface area contributed by atoms with Gasteiger partial charge >= 0.3 is 5.97 Å². The number of nitrogens with zero attached hydrogens (tertiary/aromatic N) is 1. The van der Waals surface area contributed by atoms with Crippen LogP contribution in [0.25, 0.3) is 6.08 Å². The second kappa shape index (κ2) is 6.57. The van der Waals surface area contributed by atoms with Gasteiger partial charge in [0, 0.05) is 10.0 Å². The van der Waals surface area contributed by atoms with Gasteiger partial charge in [0.1, 0.15) is 17.4 Å². The van der Waals surface area contributed by atoms with Crippen molar-refractivity contribution in [1.29, 1.82) is 5.26 Å². The SMILES string of the molecule is CCOC(=O)C(C#N)=Cc1cc(Br)cc(Br)c1O. The molecule has 1 aromatic carbocycles. The van der Waals surface area contributed by atoms with Crippen LogP contribution in [0.4, 0.5) is 0 Å². The molecule has 94 valence electrons. The molecule has 0 atom stereocenters. The molecular formula is C12H9Br2NO3. The first-order chi connectivity index (χ1) is 8.49. The van der Waals surface area contributed by atoms with Gasteiger partial charge in [-0.1, -0.05) is 15.9 Å². The third kappa shape index (κ3) is 3.59. The van der Waals surface area contributed by atoms with Crippen molar-refractivity contribution in [2.45, 2.75) is 6.92 Å². The average molecular weight is 375 g/mol. The summed E-state index contributed by atoms with van der Waals surface area (Å²) in [6.45, 7) is 1.84. The number of aromatic hydroxyl groups is 1. The molecule has 0 bridgehead atoms. The van der Waals surface area contributed by atoms with Crippen LogP contribution in [-0.2, 0) is 9.53 Å². The standard InChI is InChI=1S/C12H9Br2NO3/c1-2-18-12(17)8(6-15)3-7-4-9(13)5-10(14)11(7)16/h3-5,16H,2H2,1H3. The van der Waals surface area contributed by atoms with Crippen molar-refractivity contribution in [2.75, 3.05) is 6.61 Å². The van der Waals surface area contributed by atoms with Gasteiger partial charge in [-0.3, -0.25) is 0 Å². The zero-order valence-electron chi connectivity index (χ0n) is 9.41. The van der Waals surface area contributed by atoms with Crippen molar-refractivity contribution in [3.8, 4) is 11.8 Å². The number of hydrogen-bond acceptors (Lipinski definition) is 4. The highest BCUT2D eigenvalue weighted by Crippen LogP contribution is 2.33. The second-order valence-electron chi connectivity index (χ2n) is 3.22. The van der Waals surface area contributed by atoms with Crippen LogP contribution >= 0.6 is 31.9 Å². The molecule has 0 heterocycles. The molecule has 0 saturated carbocycles. The Morgan fingerprint density at radius 3 is 2.78 bits per heavy atom. The van der Waals surface area contributed by atoms with E-state index in [2.05, 4.69) is 31.9 Å². The number of ether oxygens (including phenoxy) is 1. The lowest BCUT2D eigenvalue weighted by Gasteiger charge is -2.04. The highest BCUT2D eigenvalue weighted by molar-refractivity contribution is 9.11. The summed E-state index contributed by atoms with van der Waals surface area (Å²) in [6.07, 6.45) is 1.28. The minimum atomic E-state index is -0.713. The van der Waals surface area contributed by atoms with Crippen LogP contribution in [0.2, 0.25) is 0 Å². The van der Waals surface area contributed by atoms with E-state index in [0.29, 0.717) is 14.5 Å². The zero-order valence-corrected chi connectivity index (χ0v) is 12.6. The van der Waals surface area contributed by atoms with Gasteiger partial charge in [-0.15, -0.1) is 0 Å². The number of halogens is 2. The minimum absolute atomic E-state index is 0.0461. The monoisotopic (exact) mass is 373 g/mol. The zero-order chi connectivity index (χ0) is 13.7. The fourth-order valence-electron chi connectivity index (χ4n) is 1.20. The molecule has 6 heteroatoms. The number of rotatable bonds is 3. The lowest BCUT2D eigenvalue weighted by Crippen LogP contribution is -2.06. The van der Waals surface area contributed by atoms with Gasteiger partial charge in [0.05, 0.1) is 11.1 Å². The van der Waals surface area contributed by atoms with E-state index in [4.69, 9.17) is 10.00 Å². The second-order valence-corrected chi connectivity index (χ2v) is 4.99. The number of benzene rings is 1. The number of carbonyl (C=O) groups excluding carboxylic acids is 1. The van der Waals surface area contributed by atoms with Crippen molar-refractivity contribution in [2.24, 2.45) is 0 Å². The summed E-state index contributed by atoms with van der Waals surface area (Å²) in [5.41, 5.74) is 0.179. The number of esters is 1. The maximum absolute atomic E-state index is 11.4. The molecule has 0 aromatic heterocycles. The van der Waals surface area contributed by atoms with E-state index in [1.165, 1.54) is 6.08 Å². The van der Waals surface area contributed by atoms with E-state index >= 15 is 0 Å². The minimum Gasteiger partial charge on any atom is -0.506 e. The summed E-state index contributed by atoms with van der Waals surface area (Å²) in [5.74, 6) is -0.759. The predicted molar refractivity (Wildman–Crippen MR) is 73.7 cm³/mol. The Hall–Kier alpha value is -1.32. The summed E-state index contributed by atoms with van der Waals surface area (Å²) in [5, 5.41) is 18.7. The van der Waals surface area contributed by atoms with Gasteiger partial charge in [0.25, 0.3) is 0 Å². The van der Waals surface area contributed by atoms with Crippen molar-refractivity contribution in [3.63, 3.8) is 0 Å². The van der Waals surface area contributed by atoms with Crippen LogP contribution < -0.4 is 0 Å². The molecule has 0 aliphatic carbocycles. The summed E-state index contributed by atoms with van der Waals surface area (Å²) < 4.78 is 5.90. The molecule has 0 amide bonds. The molecule has 0 unspecified atom stereocenters. The average Bonchev–Trinajstić information content (AvgIpc) is 2.32. The highest BCUT2D eigenvalue weighted by atomic mass is 79.9. The van der Waals surface area contributed by atoms with Gasteiger partial charge in [-0.05, 0) is 41.1 Å². The van der Waals surface area contributed by atoms with E-state index in [9.17, 15) is 9.90 Å². The van der Waals surface area contributed by atoms with Gasteiger partial charge in [0.15, 0.2) is 0 Å². The Morgan fingerprint density at radius 1 is 1.56 bits per heavy atom. The molecule has 4 nitrogen and oxygen atoms in total. The third-order valence-corrected chi connectivity index (χ3v) is 3.04. The summed E-state index contributed by atoms with van der Waals surface area (Å²) in [4.78, 5) is 11.4. The molecular weight excluding hydrogens is 366 g/mol. The summed E-state index contributed by atoms with van der Waals surface area (Å²) >= 11 is 6.43. The first-order valence-electron chi connectivity index (χ1n) is 4.96. The molecule has 0 saturated heterocycles. The quantitative estimate of drug-likeness (QED) is 0.500. The maximum Gasteiger partial charge on any atom is 0.348 e. The Labute approximate surface area is 121 Å². The number of hydrogen-bond donors (Lipinski definition) is 1. The van der Waals surface area contributed by atoms with Gasteiger partial charge in [-0.2, -0.15) is 5.26 Å². The van der Waals surface area contributed by atoms with Crippen LogP contribution in [0.5, 0.6) is 5.75 Å². The molecule has 1 N–H and O–H groups in total. The maximum atomic E-state index is 11.4. The van der Waals surface area contributed by atoms with Crippen molar-refractivity contribution >= 4 is 43.9 Å². The van der Waals surface area contributed by atoms with E-state index in [0.717, 1.165) is 0 Å². The predicted octanol–water partition coefficient (Wildman–Crippen LogP) is 3.39. The number of carbonyl (C=O) groups is 1. The molecule has 0 aliphatic heterocycles. The third-order valence-electron chi connectivity index (χ3n) is 1.97. The van der Waals surface area contributed by atoms with E-state index in [1.54, 1.807) is 25.1 Å². The summed E-state index contributed by atoms with van der Waals surface area (Å²) in [7, 11) is 0. The molecule has 18 heavy (non-hydrogen) atoms. The fraction of sp³-hybridized carbons (Fsp3) is 0.167. The largest absolute Gasteiger partial charge is 0.506 e. The van der Waals surface area contributed by atoms with E-state index in [1.807, 2.05) is 0 Å². The van der Waals surface area contributed by atoms with Crippen LogP contribution in [0.1, 0.15) is 12.5 Å². The van der Waals surface area contributed by atoms with E-state index < -0.39 is 5.97 Å². The topological polar surface area (TPSA) is 70.3 Å². The number of nitriles is 1. The molecule has 1 aromatic rings. The van der Waals surface area contributed by atoms with Gasteiger partial charge in [-0.25, -0.2) is 4.79 Å². The Morgan fingerprint density at radius 2 is 2.22 bits per heavy atom. The summed E-state index contributed by atoms with van der Waals surface area (Å²) in [6, 6.07) is 5.00. The number of phenols is 1. The Balaban J connectivity index is 3.22. The van der Waals surface area contributed by atoms with Gasteiger partial charge < -0.3 is 9.84 Å². The molecule has 0 fully saturated rings. The first kappa shape index (κ1) is 14.7. The smallest absolute Gasteiger partial charge is 0.348 e. The van der Waals surface area contributed by atoms with Crippen LogP contribution in [0.3, 0.4) is 0 Å². The van der Waals surface area contributed by atoms with Crippen molar-refractivity contribution in [1.82, 2.24) is 0 Å². The highest BCUT2D eigenvalue weighted by Gasteiger charge is 2.12. The Bertz CT molecular complexity index is 547. The lowest BCUT2D eigenvalue weighted by atomic mass is 10.1. The van der Waals surface area contributed by atoms with Crippen molar-refractivity contribution in [3.05, 3.63) is 32.2 Å². The van der Waals surface area contributed by atoms with E-state index in [-0.39, 0.29) is 17.9 Å². The molecule has 0 aliphatic rings. The fourth-order valence-corrected chi connectivity index (χ4v) is 2.46. The van der Waals surface area contributed by atoms with Crippen LogP contribution in [0, 0.1) is 11.3 Å². The first-order valence-corrected chi connectivity index (χ1v) is 6.55. The Kier molecular flexibility index (Phi) is 5.38. The normalized spacial score (nSPS) is 10.9. The van der Waals surface area contributed by atoms with Crippen LogP contribution in [0.15, 0.2) is 26.7 Å². The van der Waals surface area contributed by atoms with Crippen molar-refractivity contribution < 1.29 is 14.6 Å². The molecule has 1 rings (SSSR count).